The number of hydrogen-bond donors (Lipinski definition) is 1. The van der Waals surface area contributed by atoms with Crippen molar-refractivity contribution in [1.29, 1.82) is 0 Å². The predicted octanol–water partition coefficient (Wildman–Crippen LogP) is 4.05. The highest BCUT2D eigenvalue weighted by Gasteiger charge is 2.11. The third kappa shape index (κ3) is 5.87. The van der Waals surface area contributed by atoms with Crippen molar-refractivity contribution in [3.63, 3.8) is 0 Å². The summed E-state index contributed by atoms with van der Waals surface area (Å²) in [6, 6.07) is 6.97. The maximum Gasteiger partial charge on any atom is 0.123 e. The Labute approximate surface area is 115 Å². The molecule has 102 valence electrons. The third-order valence-electron chi connectivity index (χ3n) is 2.97. The van der Waals surface area contributed by atoms with Crippen molar-refractivity contribution in [1.82, 2.24) is 5.32 Å². The topological polar surface area (TPSA) is 12.0 Å². The molecule has 0 saturated carbocycles. The van der Waals surface area contributed by atoms with E-state index in [1.165, 1.54) is 17.1 Å². The van der Waals surface area contributed by atoms with Gasteiger partial charge in [0.15, 0.2) is 0 Å². The average molecular weight is 269 g/mol. The van der Waals surface area contributed by atoms with Crippen LogP contribution in [-0.4, -0.2) is 24.6 Å². The van der Waals surface area contributed by atoms with Gasteiger partial charge >= 0.3 is 0 Å². The molecule has 0 heterocycles. The number of benzene rings is 1. The lowest BCUT2D eigenvalue weighted by atomic mass is 9.96. The van der Waals surface area contributed by atoms with Crippen LogP contribution < -0.4 is 5.32 Å². The molecule has 1 aromatic rings. The van der Waals surface area contributed by atoms with E-state index < -0.39 is 0 Å². The van der Waals surface area contributed by atoms with E-state index in [1.807, 2.05) is 23.9 Å². The molecule has 1 aromatic carbocycles. The maximum atomic E-state index is 12.9. The minimum Gasteiger partial charge on any atom is -0.316 e. The van der Waals surface area contributed by atoms with Crippen LogP contribution in [0.4, 0.5) is 4.39 Å². The number of rotatable bonds is 9. The molecule has 0 fully saturated rings. The summed E-state index contributed by atoms with van der Waals surface area (Å²) < 4.78 is 12.9. The van der Waals surface area contributed by atoms with Crippen LogP contribution in [0.1, 0.15) is 38.2 Å². The Hall–Kier alpha value is -0.540. The average Bonchev–Trinajstić information content (AvgIpc) is 2.38. The van der Waals surface area contributed by atoms with E-state index in [0.717, 1.165) is 25.9 Å². The van der Waals surface area contributed by atoms with E-state index in [4.69, 9.17) is 0 Å². The van der Waals surface area contributed by atoms with Gasteiger partial charge < -0.3 is 5.32 Å². The second-order valence-electron chi connectivity index (χ2n) is 4.44. The molecule has 0 amide bonds. The molecule has 0 aliphatic heterocycles. The van der Waals surface area contributed by atoms with Crippen LogP contribution in [0.25, 0.3) is 0 Å². The molecule has 0 aliphatic rings. The van der Waals surface area contributed by atoms with Crippen molar-refractivity contribution in [3.8, 4) is 0 Å². The van der Waals surface area contributed by atoms with Gasteiger partial charge in [-0.2, -0.15) is 11.8 Å². The normalized spacial score (nSPS) is 12.6. The predicted molar refractivity (Wildman–Crippen MR) is 79.9 cm³/mol. The molecular weight excluding hydrogens is 245 g/mol. The van der Waals surface area contributed by atoms with Crippen molar-refractivity contribution >= 4 is 11.8 Å². The molecule has 1 unspecified atom stereocenters. The van der Waals surface area contributed by atoms with E-state index in [-0.39, 0.29) is 5.82 Å². The SMILES string of the molecule is CCCNCC(CCSCC)c1ccc(F)cc1. The summed E-state index contributed by atoms with van der Waals surface area (Å²) in [6.45, 7) is 6.40. The molecule has 1 rings (SSSR count). The fourth-order valence-corrected chi connectivity index (χ4v) is 2.68. The van der Waals surface area contributed by atoms with E-state index >= 15 is 0 Å². The summed E-state index contributed by atoms with van der Waals surface area (Å²) in [5, 5.41) is 3.47. The number of nitrogens with one attached hydrogen (secondary N) is 1. The molecule has 3 heteroatoms. The van der Waals surface area contributed by atoms with Gasteiger partial charge in [0.1, 0.15) is 5.82 Å². The largest absolute Gasteiger partial charge is 0.316 e. The zero-order valence-electron chi connectivity index (χ0n) is 11.4. The van der Waals surface area contributed by atoms with Crippen molar-refractivity contribution in [2.75, 3.05) is 24.6 Å². The smallest absolute Gasteiger partial charge is 0.123 e. The second kappa shape index (κ2) is 9.40. The summed E-state index contributed by atoms with van der Waals surface area (Å²) >= 11 is 1.97. The molecular formula is C15H24FNS. The first-order chi connectivity index (χ1) is 8.77. The summed E-state index contributed by atoms with van der Waals surface area (Å²) in [5.74, 6) is 2.68. The van der Waals surface area contributed by atoms with Crippen LogP contribution in [0.15, 0.2) is 24.3 Å². The molecule has 0 aliphatic carbocycles. The monoisotopic (exact) mass is 269 g/mol. The Morgan fingerprint density at radius 2 is 1.94 bits per heavy atom. The number of hydrogen-bond acceptors (Lipinski definition) is 2. The fraction of sp³-hybridized carbons (Fsp3) is 0.600. The van der Waals surface area contributed by atoms with Gasteiger partial charge in [0.25, 0.3) is 0 Å². The summed E-state index contributed by atoms with van der Waals surface area (Å²) in [5.41, 5.74) is 1.25. The molecule has 0 aromatic heterocycles. The minimum absolute atomic E-state index is 0.151. The summed E-state index contributed by atoms with van der Waals surface area (Å²) in [6.07, 6.45) is 2.31. The fourth-order valence-electron chi connectivity index (χ4n) is 1.94. The zero-order valence-corrected chi connectivity index (χ0v) is 12.2. The highest BCUT2D eigenvalue weighted by Crippen LogP contribution is 2.21. The van der Waals surface area contributed by atoms with Crippen molar-refractivity contribution in [2.45, 2.75) is 32.6 Å². The molecule has 0 saturated heterocycles. The lowest BCUT2D eigenvalue weighted by Gasteiger charge is -2.18. The van der Waals surface area contributed by atoms with Gasteiger partial charge in [0.2, 0.25) is 0 Å². The van der Waals surface area contributed by atoms with Crippen LogP contribution in [0.2, 0.25) is 0 Å². The summed E-state index contributed by atoms with van der Waals surface area (Å²) in [4.78, 5) is 0. The Balaban J connectivity index is 2.54. The van der Waals surface area contributed by atoms with Crippen molar-refractivity contribution in [3.05, 3.63) is 35.6 Å². The van der Waals surface area contributed by atoms with Gasteiger partial charge in [-0.15, -0.1) is 0 Å². The minimum atomic E-state index is -0.151. The Kier molecular flexibility index (Phi) is 8.10. The first-order valence-electron chi connectivity index (χ1n) is 6.81. The van der Waals surface area contributed by atoms with Crippen molar-refractivity contribution in [2.24, 2.45) is 0 Å². The molecule has 0 bridgehead atoms. The highest BCUT2D eigenvalue weighted by molar-refractivity contribution is 7.99. The van der Waals surface area contributed by atoms with Gasteiger partial charge in [-0.3, -0.25) is 0 Å². The first kappa shape index (κ1) is 15.5. The lowest BCUT2D eigenvalue weighted by molar-refractivity contribution is 0.567. The second-order valence-corrected chi connectivity index (χ2v) is 5.83. The quantitative estimate of drug-likeness (QED) is 0.679. The van der Waals surface area contributed by atoms with Crippen LogP contribution >= 0.6 is 11.8 Å². The van der Waals surface area contributed by atoms with Crippen LogP contribution in [0, 0.1) is 5.82 Å². The highest BCUT2D eigenvalue weighted by atomic mass is 32.2. The van der Waals surface area contributed by atoms with E-state index in [2.05, 4.69) is 19.2 Å². The van der Waals surface area contributed by atoms with Gasteiger partial charge in [-0.1, -0.05) is 26.0 Å². The maximum absolute atomic E-state index is 12.9. The first-order valence-corrected chi connectivity index (χ1v) is 7.97. The van der Waals surface area contributed by atoms with Gasteiger partial charge in [0.05, 0.1) is 0 Å². The van der Waals surface area contributed by atoms with Gasteiger partial charge in [0, 0.05) is 6.54 Å². The summed E-state index contributed by atoms with van der Waals surface area (Å²) in [7, 11) is 0. The standard InChI is InChI=1S/C15H24FNS/c1-3-10-17-12-14(9-11-18-4-2)13-5-7-15(16)8-6-13/h5-8,14,17H,3-4,9-12H2,1-2H3. The van der Waals surface area contributed by atoms with Crippen molar-refractivity contribution < 1.29 is 4.39 Å². The van der Waals surface area contributed by atoms with Gasteiger partial charge in [-0.05, 0) is 54.5 Å². The molecule has 0 spiro atoms. The number of thioether (sulfide) groups is 1. The van der Waals surface area contributed by atoms with Crippen LogP contribution in [-0.2, 0) is 0 Å². The number of halogens is 1. The Morgan fingerprint density at radius 1 is 1.22 bits per heavy atom. The third-order valence-corrected chi connectivity index (χ3v) is 3.91. The van der Waals surface area contributed by atoms with Crippen LogP contribution in [0.5, 0.6) is 0 Å². The molecule has 1 nitrogen and oxygen atoms in total. The Bertz CT molecular complexity index is 303. The lowest BCUT2D eigenvalue weighted by Crippen LogP contribution is -2.22. The molecule has 0 radical (unpaired) electrons. The zero-order chi connectivity index (χ0) is 13.2. The van der Waals surface area contributed by atoms with Crippen LogP contribution in [0.3, 0.4) is 0 Å². The Morgan fingerprint density at radius 3 is 2.56 bits per heavy atom. The molecule has 18 heavy (non-hydrogen) atoms. The van der Waals surface area contributed by atoms with E-state index in [0.29, 0.717) is 5.92 Å². The van der Waals surface area contributed by atoms with E-state index in [1.54, 1.807) is 12.1 Å². The van der Waals surface area contributed by atoms with E-state index in [9.17, 15) is 4.39 Å². The van der Waals surface area contributed by atoms with Gasteiger partial charge in [-0.25, -0.2) is 4.39 Å². The molecule has 1 N–H and O–H groups in total. The molecule has 1 atom stereocenters.